The highest BCUT2D eigenvalue weighted by Gasteiger charge is 2.22. The van der Waals surface area contributed by atoms with Gasteiger partial charge in [0, 0.05) is 32.4 Å². The number of aryl methyl sites for hydroxylation is 2. The first-order chi connectivity index (χ1) is 12.5. The molecule has 0 radical (unpaired) electrons. The van der Waals surface area contributed by atoms with Crippen LogP contribution in [0.15, 0.2) is 24.4 Å². The molecule has 0 aliphatic carbocycles. The summed E-state index contributed by atoms with van der Waals surface area (Å²) < 4.78 is 0. The van der Waals surface area contributed by atoms with Crippen LogP contribution in [0.3, 0.4) is 0 Å². The fourth-order valence-corrected chi connectivity index (χ4v) is 3.52. The lowest BCUT2D eigenvalue weighted by Crippen LogP contribution is -2.48. The molecule has 2 aromatic rings. The maximum atomic E-state index is 12.7. The van der Waals surface area contributed by atoms with E-state index in [-0.39, 0.29) is 5.91 Å². The van der Waals surface area contributed by atoms with Crippen LogP contribution in [0, 0.1) is 13.8 Å². The van der Waals surface area contributed by atoms with Crippen LogP contribution >= 0.6 is 11.6 Å². The van der Waals surface area contributed by atoms with Crippen molar-refractivity contribution in [2.75, 3.05) is 38.0 Å². The first kappa shape index (κ1) is 18.6. The van der Waals surface area contributed by atoms with E-state index in [2.05, 4.69) is 27.1 Å². The summed E-state index contributed by atoms with van der Waals surface area (Å²) in [5, 5.41) is 3.76. The number of halogens is 1. The predicted molar refractivity (Wildman–Crippen MR) is 104 cm³/mol. The van der Waals surface area contributed by atoms with Gasteiger partial charge in [-0.1, -0.05) is 24.6 Å². The van der Waals surface area contributed by atoms with Gasteiger partial charge < -0.3 is 15.1 Å². The monoisotopic (exact) mass is 373 g/mol. The van der Waals surface area contributed by atoms with E-state index >= 15 is 0 Å². The number of likely N-dealkylation sites (N-methyl/N-ethyl adjacent to an activating group) is 1. The van der Waals surface area contributed by atoms with Gasteiger partial charge in [-0.25, -0.2) is 9.97 Å². The van der Waals surface area contributed by atoms with E-state index in [1.807, 2.05) is 30.9 Å². The third-order valence-electron chi connectivity index (χ3n) is 4.65. The van der Waals surface area contributed by atoms with Gasteiger partial charge >= 0.3 is 0 Å². The lowest BCUT2D eigenvalue weighted by atomic mass is 10.1. The highest BCUT2D eigenvalue weighted by Crippen LogP contribution is 2.29. The Hall–Kier alpha value is -2.18. The van der Waals surface area contributed by atoms with Gasteiger partial charge in [-0.05, 0) is 43.7 Å². The summed E-state index contributed by atoms with van der Waals surface area (Å²) in [7, 11) is 0. The average molecular weight is 374 g/mol. The summed E-state index contributed by atoms with van der Waals surface area (Å²) in [6.45, 7) is 10.4. The van der Waals surface area contributed by atoms with E-state index in [0.29, 0.717) is 16.7 Å². The Bertz CT molecular complexity index is 779. The van der Waals surface area contributed by atoms with Gasteiger partial charge in [0.1, 0.15) is 5.69 Å². The van der Waals surface area contributed by atoms with Crippen LogP contribution < -0.4 is 5.32 Å². The average Bonchev–Trinajstić information content (AvgIpc) is 2.64. The maximum absolute atomic E-state index is 12.7. The molecule has 1 N–H and O–H groups in total. The fourth-order valence-electron chi connectivity index (χ4n) is 3.15. The number of aromatic nitrogens is 2. The molecular formula is C19H24ClN5O. The van der Waals surface area contributed by atoms with Crippen molar-refractivity contribution in [3.8, 4) is 0 Å². The predicted octanol–water partition coefficient (Wildman–Crippen LogP) is 3.27. The van der Waals surface area contributed by atoms with E-state index in [0.717, 1.165) is 49.5 Å². The highest BCUT2D eigenvalue weighted by atomic mass is 35.5. The molecule has 0 spiro atoms. The van der Waals surface area contributed by atoms with Crippen LogP contribution in [0.4, 0.5) is 11.6 Å². The third kappa shape index (κ3) is 4.14. The quantitative estimate of drug-likeness (QED) is 0.891. The first-order valence-corrected chi connectivity index (χ1v) is 9.24. The Labute approximate surface area is 159 Å². The van der Waals surface area contributed by atoms with Crippen LogP contribution in [-0.2, 0) is 0 Å². The first-order valence-electron chi connectivity index (χ1n) is 8.86. The molecule has 138 valence electrons. The van der Waals surface area contributed by atoms with Crippen molar-refractivity contribution < 1.29 is 4.79 Å². The van der Waals surface area contributed by atoms with E-state index in [9.17, 15) is 4.79 Å². The summed E-state index contributed by atoms with van der Waals surface area (Å²) >= 11 is 6.34. The molecule has 1 aliphatic rings. The smallest absolute Gasteiger partial charge is 0.272 e. The Morgan fingerprint density at radius 3 is 2.62 bits per heavy atom. The summed E-state index contributed by atoms with van der Waals surface area (Å²) in [4.78, 5) is 25.6. The summed E-state index contributed by atoms with van der Waals surface area (Å²) in [6, 6.07) is 5.58. The molecule has 1 aromatic carbocycles. The Kier molecular flexibility index (Phi) is 5.74. The normalized spacial score (nSPS) is 15.2. The van der Waals surface area contributed by atoms with Crippen molar-refractivity contribution in [3.63, 3.8) is 0 Å². The summed E-state index contributed by atoms with van der Waals surface area (Å²) in [5.41, 5.74) is 3.26. The van der Waals surface area contributed by atoms with Gasteiger partial charge in [0.05, 0.1) is 10.7 Å². The molecule has 6 nitrogen and oxygen atoms in total. The number of carbonyl (C=O) groups is 1. The van der Waals surface area contributed by atoms with Crippen molar-refractivity contribution >= 4 is 29.1 Å². The van der Waals surface area contributed by atoms with E-state index < -0.39 is 0 Å². The highest BCUT2D eigenvalue weighted by molar-refractivity contribution is 6.33. The van der Waals surface area contributed by atoms with Gasteiger partial charge in [0.2, 0.25) is 5.95 Å². The zero-order valence-corrected chi connectivity index (χ0v) is 16.2. The van der Waals surface area contributed by atoms with Crippen LogP contribution in [0.25, 0.3) is 0 Å². The van der Waals surface area contributed by atoms with Crippen molar-refractivity contribution in [3.05, 3.63) is 46.2 Å². The molecule has 1 aromatic heterocycles. The molecule has 26 heavy (non-hydrogen) atoms. The van der Waals surface area contributed by atoms with Crippen LogP contribution in [-0.4, -0.2) is 58.4 Å². The number of hydrogen-bond donors (Lipinski definition) is 1. The van der Waals surface area contributed by atoms with Gasteiger partial charge in [-0.15, -0.1) is 0 Å². The lowest BCUT2D eigenvalue weighted by Gasteiger charge is -2.33. The second-order valence-corrected chi connectivity index (χ2v) is 6.96. The Morgan fingerprint density at radius 2 is 1.96 bits per heavy atom. The molecular weight excluding hydrogens is 350 g/mol. The fraction of sp³-hybridized carbons (Fsp3) is 0.421. The van der Waals surface area contributed by atoms with Gasteiger partial charge in [0.15, 0.2) is 0 Å². The minimum Gasteiger partial charge on any atom is -0.335 e. The molecule has 0 unspecified atom stereocenters. The van der Waals surface area contributed by atoms with Crippen LogP contribution in [0.1, 0.15) is 28.5 Å². The standard InChI is InChI=1S/C19H24ClN5O/c1-4-24-7-9-25(10-8-24)18(26)16-5-6-21-19(22-16)23-17-14(3)11-13(2)12-15(17)20/h5-6,11-12H,4,7-10H2,1-3H3,(H,21,22,23). The molecule has 0 bridgehead atoms. The molecule has 1 fully saturated rings. The number of nitrogens with one attached hydrogen (secondary N) is 1. The third-order valence-corrected chi connectivity index (χ3v) is 4.95. The lowest BCUT2D eigenvalue weighted by molar-refractivity contribution is 0.0637. The molecule has 1 saturated heterocycles. The van der Waals surface area contributed by atoms with Crippen molar-refractivity contribution in [2.24, 2.45) is 0 Å². The van der Waals surface area contributed by atoms with Gasteiger partial charge in [-0.2, -0.15) is 0 Å². The molecule has 2 heterocycles. The van der Waals surface area contributed by atoms with E-state index in [4.69, 9.17) is 11.6 Å². The molecule has 1 aliphatic heterocycles. The molecule has 1 amide bonds. The SMILES string of the molecule is CCN1CCN(C(=O)c2ccnc(Nc3c(C)cc(C)cc3Cl)n2)CC1. The minimum absolute atomic E-state index is 0.0575. The summed E-state index contributed by atoms with van der Waals surface area (Å²) in [6.07, 6.45) is 1.60. The number of piperazine rings is 1. The number of hydrogen-bond acceptors (Lipinski definition) is 5. The number of benzene rings is 1. The number of anilines is 2. The topological polar surface area (TPSA) is 61.4 Å². The second-order valence-electron chi connectivity index (χ2n) is 6.56. The van der Waals surface area contributed by atoms with Crippen molar-refractivity contribution in [2.45, 2.75) is 20.8 Å². The van der Waals surface area contributed by atoms with Gasteiger partial charge in [0.25, 0.3) is 5.91 Å². The number of rotatable bonds is 4. The Morgan fingerprint density at radius 1 is 1.23 bits per heavy atom. The molecule has 0 saturated carbocycles. The van der Waals surface area contributed by atoms with E-state index in [1.54, 1.807) is 12.3 Å². The number of carbonyl (C=O) groups excluding carboxylic acids is 1. The van der Waals surface area contributed by atoms with Crippen LogP contribution in [0.5, 0.6) is 0 Å². The van der Waals surface area contributed by atoms with Crippen molar-refractivity contribution in [1.29, 1.82) is 0 Å². The molecule has 3 rings (SSSR count). The Balaban J connectivity index is 1.76. The summed E-state index contributed by atoms with van der Waals surface area (Å²) in [5.74, 6) is 0.315. The second kappa shape index (κ2) is 8.01. The van der Waals surface area contributed by atoms with Crippen LogP contribution in [0.2, 0.25) is 5.02 Å². The largest absolute Gasteiger partial charge is 0.335 e. The zero-order chi connectivity index (χ0) is 18.7. The molecule has 0 atom stereocenters. The molecule has 7 heteroatoms. The van der Waals surface area contributed by atoms with E-state index in [1.165, 1.54) is 0 Å². The maximum Gasteiger partial charge on any atom is 0.272 e. The number of amides is 1. The minimum atomic E-state index is -0.0575. The number of nitrogens with zero attached hydrogens (tertiary/aromatic N) is 4. The van der Waals surface area contributed by atoms with Gasteiger partial charge in [-0.3, -0.25) is 4.79 Å². The zero-order valence-electron chi connectivity index (χ0n) is 15.4. The van der Waals surface area contributed by atoms with Crippen molar-refractivity contribution in [1.82, 2.24) is 19.8 Å².